The summed E-state index contributed by atoms with van der Waals surface area (Å²) in [6, 6.07) is 1.59. The standard InChI is InChI=1S/C13H19F3N4/c1-3-17-10-7-11(19-12(18-10)13(14,15)16)20-6-4-5-9(2)8-20/h7,9H,3-6,8H2,1-2H3,(H,17,18,19). The molecule has 2 rings (SSSR count). The molecule has 1 N–H and O–H groups in total. The molecule has 4 nitrogen and oxygen atoms in total. The second kappa shape index (κ2) is 5.85. The van der Waals surface area contributed by atoms with Gasteiger partial charge in [0.25, 0.3) is 0 Å². The van der Waals surface area contributed by atoms with Gasteiger partial charge in [-0.15, -0.1) is 0 Å². The molecule has 0 amide bonds. The van der Waals surface area contributed by atoms with Gasteiger partial charge in [-0.25, -0.2) is 9.97 Å². The Balaban J connectivity index is 2.33. The van der Waals surface area contributed by atoms with Crippen LogP contribution >= 0.6 is 0 Å². The van der Waals surface area contributed by atoms with Crippen molar-refractivity contribution in [1.82, 2.24) is 9.97 Å². The number of alkyl halides is 3. The lowest BCUT2D eigenvalue weighted by atomic mass is 10.0. The molecule has 1 saturated heterocycles. The third kappa shape index (κ3) is 3.52. The van der Waals surface area contributed by atoms with Gasteiger partial charge in [-0.2, -0.15) is 13.2 Å². The van der Waals surface area contributed by atoms with Crippen LogP contribution in [0.4, 0.5) is 24.8 Å². The van der Waals surface area contributed by atoms with Crippen LogP contribution < -0.4 is 10.2 Å². The first kappa shape index (κ1) is 14.9. The monoisotopic (exact) mass is 288 g/mol. The van der Waals surface area contributed by atoms with Crippen molar-refractivity contribution in [2.45, 2.75) is 32.9 Å². The smallest absolute Gasteiger partial charge is 0.370 e. The number of nitrogens with one attached hydrogen (secondary N) is 1. The van der Waals surface area contributed by atoms with E-state index in [0.29, 0.717) is 18.3 Å². The fourth-order valence-electron chi connectivity index (χ4n) is 2.39. The number of anilines is 2. The molecule has 0 radical (unpaired) electrons. The Morgan fingerprint density at radius 3 is 2.75 bits per heavy atom. The maximum atomic E-state index is 12.9. The van der Waals surface area contributed by atoms with E-state index in [1.807, 2.05) is 11.8 Å². The Morgan fingerprint density at radius 1 is 1.40 bits per heavy atom. The van der Waals surface area contributed by atoms with Crippen molar-refractivity contribution >= 4 is 11.6 Å². The van der Waals surface area contributed by atoms with Crippen LogP contribution in [0.5, 0.6) is 0 Å². The molecule has 7 heteroatoms. The SMILES string of the molecule is CCNc1cc(N2CCCC(C)C2)nc(C(F)(F)F)n1. The number of hydrogen-bond acceptors (Lipinski definition) is 4. The first-order chi connectivity index (χ1) is 9.40. The quantitative estimate of drug-likeness (QED) is 0.927. The van der Waals surface area contributed by atoms with Gasteiger partial charge < -0.3 is 10.2 Å². The molecule has 0 bridgehead atoms. The van der Waals surface area contributed by atoms with E-state index in [2.05, 4.69) is 22.2 Å². The summed E-state index contributed by atoms with van der Waals surface area (Å²) in [5, 5.41) is 2.83. The summed E-state index contributed by atoms with van der Waals surface area (Å²) < 4.78 is 38.6. The van der Waals surface area contributed by atoms with E-state index in [4.69, 9.17) is 0 Å². The van der Waals surface area contributed by atoms with Gasteiger partial charge in [0.2, 0.25) is 5.82 Å². The molecule has 1 atom stereocenters. The molecule has 0 aromatic carbocycles. The van der Waals surface area contributed by atoms with Crippen molar-refractivity contribution in [2.24, 2.45) is 5.92 Å². The first-order valence-corrected chi connectivity index (χ1v) is 6.85. The van der Waals surface area contributed by atoms with Crippen LogP contribution in [-0.2, 0) is 6.18 Å². The van der Waals surface area contributed by atoms with Crippen LogP contribution in [0.25, 0.3) is 0 Å². The zero-order valence-electron chi connectivity index (χ0n) is 11.7. The fourth-order valence-corrected chi connectivity index (χ4v) is 2.39. The lowest BCUT2D eigenvalue weighted by Crippen LogP contribution is -2.35. The zero-order chi connectivity index (χ0) is 14.8. The van der Waals surface area contributed by atoms with Crippen LogP contribution in [-0.4, -0.2) is 29.6 Å². The molecule has 1 unspecified atom stereocenters. The van der Waals surface area contributed by atoms with Gasteiger partial charge in [0.05, 0.1) is 0 Å². The molecule has 1 fully saturated rings. The second-order valence-corrected chi connectivity index (χ2v) is 5.16. The maximum Gasteiger partial charge on any atom is 0.451 e. The van der Waals surface area contributed by atoms with Gasteiger partial charge in [0.15, 0.2) is 0 Å². The van der Waals surface area contributed by atoms with Gasteiger partial charge >= 0.3 is 6.18 Å². The number of piperidine rings is 1. The van der Waals surface area contributed by atoms with Crippen LogP contribution in [0.2, 0.25) is 0 Å². The van der Waals surface area contributed by atoms with Crippen molar-refractivity contribution in [1.29, 1.82) is 0 Å². The summed E-state index contributed by atoms with van der Waals surface area (Å²) in [4.78, 5) is 9.14. The molecule has 2 heterocycles. The molecule has 0 saturated carbocycles. The highest BCUT2D eigenvalue weighted by atomic mass is 19.4. The van der Waals surface area contributed by atoms with E-state index in [1.165, 1.54) is 0 Å². The van der Waals surface area contributed by atoms with Crippen LogP contribution in [0.3, 0.4) is 0 Å². The second-order valence-electron chi connectivity index (χ2n) is 5.16. The molecule has 20 heavy (non-hydrogen) atoms. The number of rotatable bonds is 3. The van der Waals surface area contributed by atoms with E-state index >= 15 is 0 Å². The third-order valence-corrected chi connectivity index (χ3v) is 3.31. The summed E-state index contributed by atoms with van der Waals surface area (Å²) in [6.45, 7) is 5.91. The van der Waals surface area contributed by atoms with Gasteiger partial charge in [-0.1, -0.05) is 6.92 Å². The molecule has 112 valence electrons. The molecule has 0 aliphatic carbocycles. The summed E-state index contributed by atoms with van der Waals surface area (Å²) in [5.74, 6) is -0.0299. The minimum atomic E-state index is -4.53. The maximum absolute atomic E-state index is 12.9. The Labute approximate surface area is 116 Å². The zero-order valence-corrected chi connectivity index (χ0v) is 11.7. The molecule has 1 aliphatic rings. The van der Waals surface area contributed by atoms with E-state index in [0.717, 1.165) is 25.9 Å². The third-order valence-electron chi connectivity index (χ3n) is 3.31. The molecule has 0 spiro atoms. The predicted octanol–water partition coefficient (Wildman–Crippen LogP) is 3.16. The number of aromatic nitrogens is 2. The predicted molar refractivity (Wildman–Crippen MR) is 71.8 cm³/mol. The summed E-state index contributed by atoms with van der Waals surface area (Å²) in [7, 11) is 0. The van der Waals surface area contributed by atoms with Crippen molar-refractivity contribution in [3.63, 3.8) is 0 Å². The van der Waals surface area contributed by atoms with Gasteiger partial charge in [-0.3, -0.25) is 0 Å². The topological polar surface area (TPSA) is 41.0 Å². The number of nitrogens with zero attached hydrogens (tertiary/aromatic N) is 3. The molecular formula is C13H19F3N4. The minimum Gasteiger partial charge on any atom is -0.370 e. The Bertz CT molecular complexity index is 461. The average molecular weight is 288 g/mol. The van der Waals surface area contributed by atoms with Gasteiger partial charge in [0, 0.05) is 25.7 Å². The van der Waals surface area contributed by atoms with E-state index in [1.54, 1.807) is 6.07 Å². The lowest BCUT2D eigenvalue weighted by molar-refractivity contribution is -0.144. The number of halogens is 3. The molecule has 1 aromatic rings. The summed E-state index contributed by atoms with van der Waals surface area (Å²) in [6.07, 6.45) is -2.45. The van der Waals surface area contributed by atoms with Crippen molar-refractivity contribution in [3.05, 3.63) is 11.9 Å². The lowest BCUT2D eigenvalue weighted by Gasteiger charge is -2.32. The van der Waals surface area contributed by atoms with Gasteiger partial charge in [-0.05, 0) is 25.7 Å². The molecular weight excluding hydrogens is 269 g/mol. The highest BCUT2D eigenvalue weighted by Crippen LogP contribution is 2.30. The molecule has 1 aliphatic heterocycles. The number of hydrogen-bond donors (Lipinski definition) is 1. The Kier molecular flexibility index (Phi) is 4.35. The Morgan fingerprint density at radius 2 is 2.15 bits per heavy atom. The van der Waals surface area contributed by atoms with Crippen LogP contribution in [0.1, 0.15) is 32.5 Å². The van der Waals surface area contributed by atoms with Crippen LogP contribution in [0.15, 0.2) is 6.07 Å². The van der Waals surface area contributed by atoms with Crippen molar-refractivity contribution < 1.29 is 13.2 Å². The van der Waals surface area contributed by atoms with E-state index in [9.17, 15) is 13.2 Å². The normalized spacial score (nSPS) is 20.1. The van der Waals surface area contributed by atoms with E-state index < -0.39 is 12.0 Å². The molecule has 1 aromatic heterocycles. The highest BCUT2D eigenvalue weighted by Gasteiger charge is 2.36. The highest BCUT2D eigenvalue weighted by molar-refractivity contribution is 5.50. The summed E-state index contributed by atoms with van der Waals surface area (Å²) in [5.41, 5.74) is 0. The fraction of sp³-hybridized carbons (Fsp3) is 0.692. The summed E-state index contributed by atoms with van der Waals surface area (Å²) >= 11 is 0. The van der Waals surface area contributed by atoms with Crippen molar-refractivity contribution in [3.8, 4) is 0 Å². The first-order valence-electron chi connectivity index (χ1n) is 6.85. The van der Waals surface area contributed by atoms with Crippen molar-refractivity contribution in [2.75, 3.05) is 29.9 Å². The van der Waals surface area contributed by atoms with Crippen LogP contribution in [0, 0.1) is 5.92 Å². The minimum absolute atomic E-state index is 0.225. The Hall–Kier alpha value is -1.53. The van der Waals surface area contributed by atoms with E-state index in [-0.39, 0.29) is 5.82 Å². The largest absolute Gasteiger partial charge is 0.451 e. The average Bonchev–Trinajstić information content (AvgIpc) is 2.38. The van der Waals surface area contributed by atoms with Gasteiger partial charge in [0.1, 0.15) is 11.6 Å².